The molecule has 4 aromatic carbocycles. The molecule has 0 unspecified atom stereocenters. The van der Waals surface area contributed by atoms with Crippen molar-refractivity contribution < 1.29 is 24.2 Å². The first kappa shape index (κ1) is 24.8. The van der Waals surface area contributed by atoms with Gasteiger partial charge >= 0.3 is 5.97 Å². The Hall–Kier alpha value is -4.29. The van der Waals surface area contributed by atoms with Crippen molar-refractivity contribution in [1.29, 1.82) is 0 Å². The van der Waals surface area contributed by atoms with Crippen molar-refractivity contribution in [1.82, 2.24) is 0 Å². The van der Waals surface area contributed by atoms with Crippen LogP contribution in [-0.4, -0.2) is 31.2 Å². The molecule has 0 saturated carbocycles. The molecule has 36 heavy (non-hydrogen) atoms. The standard InChI is InChI=1S/C29H24ClNO5/c1-35-26-10-6-9-21(28(26)33)19-11-13-20(14-12-19)22-16-23(29(34)36-2)25(17-24(22)30)31-27(32)15-18-7-4-3-5-8-18/h3-14,16-17,33H,15H2,1-2H3,(H,31,32). The number of carbonyl (C=O) groups is 2. The largest absolute Gasteiger partial charge is 0.504 e. The predicted octanol–water partition coefficient (Wildman–Crippen LogP) is 6.36. The quantitative estimate of drug-likeness (QED) is 0.288. The van der Waals surface area contributed by atoms with Gasteiger partial charge in [0, 0.05) is 11.1 Å². The maximum Gasteiger partial charge on any atom is 0.339 e. The molecule has 0 aliphatic heterocycles. The van der Waals surface area contributed by atoms with Gasteiger partial charge in [-0.1, -0.05) is 78.3 Å². The lowest BCUT2D eigenvalue weighted by Gasteiger charge is -2.14. The lowest BCUT2D eigenvalue weighted by atomic mass is 9.97. The Bertz CT molecular complexity index is 1400. The topological polar surface area (TPSA) is 84.9 Å². The van der Waals surface area contributed by atoms with Gasteiger partial charge in [0.15, 0.2) is 11.5 Å². The van der Waals surface area contributed by atoms with Crippen molar-refractivity contribution in [3.8, 4) is 33.8 Å². The Morgan fingerprint density at radius 2 is 1.53 bits per heavy atom. The summed E-state index contributed by atoms with van der Waals surface area (Å²) in [6.45, 7) is 0. The van der Waals surface area contributed by atoms with E-state index in [1.54, 1.807) is 30.3 Å². The van der Waals surface area contributed by atoms with E-state index in [1.165, 1.54) is 14.2 Å². The number of halogens is 1. The van der Waals surface area contributed by atoms with E-state index >= 15 is 0 Å². The number of phenolic OH excluding ortho intramolecular Hbond substituents is 1. The van der Waals surface area contributed by atoms with Gasteiger partial charge in [-0.2, -0.15) is 0 Å². The zero-order valence-corrected chi connectivity index (χ0v) is 20.5. The number of amides is 1. The van der Waals surface area contributed by atoms with E-state index < -0.39 is 5.97 Å². The molecule has 0 radical (unpaired) electrons. The molecule has 6 nitrogen and oxygen atoms in total. The monoisotopic (exact) mass is 501 g/mol. The van der Waals surface area contributed by atoms with Gasteiger partial charge < -0.3 is 19.9 Å². The van der Waals surface area contributed by atoms with E-state index in [4.69, 9.17) is 21.1 Å². The summed E-state index contributed by atoms with van der Waals surface area (Å²) in [6, 6.07) is 25.1. The average molecular weight is 502 g/mol. The third-order valence-electron chi connectivity index (χ3n) is 5.72. The molecule has 4 rings (SSSR count). The summed E-state index contributed by atoms with van der Waals surface area (Å²) in [6.07, 6.45) is 0.152. The average Bonchev–Trinajstić information content (AvgIpc) is 2.89. The van der Waals surface area contributed by atoms with Gasteiger partial charge in [-0.05, 0) is 34.9 Å². The second-order valence-electron chi connectivity index (χ2n) is 8.01. The smallest absolute Gasteiger partial charge is 0.339 e. The van der Waals surface area contributed by atoms with Gasteiger partial charge in [0.2, 0.25) is 5.91 Å². The van der Waals surface area contributed by atoms with Crippen LogP contribution in [0.5, 0.6) is 11.5 Å². The molecule has 1 amide bonds. The van der Waals surface area contributed by atoms with Crippen molar-refractivity contribution in [2.24, 2.45) is 0 Å². The van der Waals surface area contributed by atoms with Crippen molar-refractivity contribution in [3.63, 3.8) is 0 Å². The van der Waals surface area contributed by atoms with Crippen molar-refractivity contribution in [3.05, 3.63) is 101 Å². The molecule has 0 aromatic heterocycles. The highest BCUT2D eigenvalue weighted by Gasteiger charge is 2.19. The maximum absolute atomic E-state index is 12.6. The van der Waals surface area contributed by atoms with Crippen LogP contribution >= 0.6 is 11.6 Å². The highest BCUT2D eigenvalue weighted by Crippen LogP contribution is 2.39. The first-order valence-corrected chi connectivity index (χ1v) is 11.5. The second kappa shape index (κ2) is 11.0. The minimum Gasteiger partial charge on any atom is -0.504 e. The van der Waals surface area contributed by atoms with Gasteiger partial charge in [-0.25, -0.2) is 4.79 Å². The molecular weight excluding hydrogens is 478 g/mol. The molecule has 0 aliphatic carbocycles. The molecule has 0 heterocycles. The number of methoxy groups -OCH3 is 2. The van der Waals surface area contributed by atoms with Crippen LogP contribution in [0.1, 0.15) is 15.9 Å². The fraction of sp³-hybridized carbons (Fsp3) is 0.103. The van der Waals surface area contributed by atoms with E-state index in [2.05, 4.69) is 5.32 Å². The molecular formula is C29H24ClNO5. The van der Waals surface area contributed by atoms with Crippen LogP contribution in [0, 0.1) is 0 Å². The highest BCUT2D eigenvalue weighted by atomic mass is 35.5. The van der Waals surface area contributed by atoms with E-state index in [-0.39, 0.29) is 29.3 Å². The highest BCUT2D eigenvalue weighted by molar-refractivity contribution is 6.34. The number of phenols is 1. The lowest BCUT2D eigenvalue weighted by molar-refractivity contribution is -0.115. The van der Waals surface area contributed by atoms with E-state index in [1.807, 2.05) is 54.6 Å². The van der Waals surface area contributed by atoms with Crippen LogP contribution in [0.15, 0.2) is 84.9 Å². The fourth-order valence-corrected chi connectivity index (χ4v) is 4.17. The van der Waals surface area contributed by atoms with Crippen LogP contribution in [0.3, 0.4) is 0 Å². The molecule has 0 atom stereocenters. The minimum atomic E-state index is -0.596. The van der Waals surface area contributed by atoms with E-state index in [0.717, 1.165) is 16.7 Å². The van der Waals surface area contributed by atoms with Crippen LogP contribution in [0.4, 0.5) is 5.69 Å². The number of ether oxygens (including phenoxy) is 2. The summed E-state index contributed by atoms with van der Waals surface area (Å²) in [4.78, 5) is 25.2. The second-order valence-corrected chi connectivity index (χ2v) is 8.42. The minimum absolute atomic E-state index is 0.0503. The van der Waals surface area contributed by atoms with E-state index in [0.29, 0.717) is 21.9 Å². The lowest BCUT2D eigenvalue weighted by Crippen LogP contribution is -2.17. The number of nitrogens with one attached hydrogen (secondary N) is 1. The SMILES string of the molecule is COC(=O)c1cc(-c2ccc(-c3cccc(OC)c3O)cc2)c(Cl)cc1NC(=O)Cc1ccccc1. The van der Waals surface area contributed by atoms with E-state index in [9.17, 15) is 14.7 Å². The number of para-hydroxylation sites is 1. The molecule has 182 valence electrons. The normalized spacial score (nSPS) is 10.5. The molecule has 7 heteroatoms. The van der Waals surface area contributed by atoms with Gasteiger partial charge in [0.25, 0.3) is 0 Å². The third-order valence-corrected chi connectivity index (χ3v) is 6.03. The summed E-state index contributed by atoms with van der Waals surface area (Å²) in [7, 11) is 2.78. The Kier molecular flexibility index (Phi) is 7.56. The molecule has 0 bridgehead atoms. The first-order valence-electron chi connectivity index (χ1n) is 11.1. The van der Waals surface area contributed by atoms with Gasteiger partial charge in [-0.15, -0.1) is 0 Å². The Labute approximate surface area is 214 Å². The number of rotatable bonds is 7. The summed E-state index contributed by atoms with van der Waals surface area (Å²) in [5, 5.41) is 13.6. The number of aromatic hydroxyl groups is 1. The number of carbonyl (C=O) groups excluding carboxylic acids is 2. The molecule has 0 spiro atoms. The molecule has 0 saturated heterocycles. The van der Waals surface area contributed by atoms with Crippen LogP contribution < -0.4 is 10.1 Å². The Morgan fingerprint density at radius 3 is 2.17 bits per heavy atom. The molecule has 0 aliphatic rings. The number of esters is 1. The zero-order chi connectivity index (χ0) is 25.7. The molecule has 0 fully saturated rings. The molecule has 2 N–H and O–H groups in total. The number of benzene rings is 4. The Balaban J connectivity index is 1.65. The zero-order valence-electron chi connectivity index (χ0n) is 19.7. The van der Waals surface area contributed by atoms with Crippen molar-refractivity contribution >= 4 is 29.2 Å². The first-order chi connectivity index (χ1) is 17.4. The summed E-state index contributed by atoms with van der Waals surface area (Å²) >= 11 is 6.59. The fourth-order valence-electron chi connectivity index (χ4n) is 3.90. The van der Waals surface area contributed by atoms with Crippen molar-refractivity contribution in [2.75, 3.05) is 19.5 Å². The summed E-state index contributed by atoms with van der Waals surface area (Å²) in [5.41, 5.74) is 4.06. The Morgan fingerprint density at radius 1 is 0.861 bits per heavy atom. The summed E-state index contributed by atoms with van der Waals surface area (Å²) < 4.78 is 10.1. The van der Waals surface area contributed by atoms with Gasteiger partial charge in [-0.3, -0.25) is 4.79 Å². The van der Waals surface area contributed by atoms with Gasteiger partial charge in [0.05, 0.1) is 36.9 Å². The van der Waals surface area contributed by atoms with Crippen LogP contribution in [-0.2, 0) is 16.0 Å². The number of hydrogen-bond donors (Lipinski definition) is 2. The van der Waals surface area contributed by atoms with Gasteiger partial charge in [0.1, 0.15) is 0 Å². The number of hydrogen-bond acceptors (Lipinski definition) is 5. The van der Waals surface area contributed by atoms with Crippen LogP contribution in [0.2, 0.25) is 5.02 Å². The maximum atomic E-state index is 12.6. The van der Waals surface area contributed by atoms with Crippen LogP contribution in [0.25, 0.3) is 22.3 Å². The number of anilines is 1. The predicted molar refractivity (Wildman–Crippen MR) is 141 cm³/mol. The third kappa shape index (κ3) is 5.34. The van der Waals surface area contributed by atoms with Crippen molar-refractivity contribution in [2.45, 2.75) is 6.42 Å². The summed E-state index contributed by atoms with van der Waals surface area (Å²) in [5.74, 6) is -0.444. The molecule has 4 aromatic rings.